The van der Waals surface area contributed by atoms with Crippen LogP contribution >= 0.6 is 0 Å². The van der Waals surface area contributed by atoms with E-state index in [4.69, 9.17) is 4.74 Å². The Kier molecular flexibility index (Phi) is 4.26. The highest BCUT2D eigenvalue weighted by Crippen LogP contribution is 2.41. The molecule has 0 aromatic rings. The number of nitrogens with one attached hydrogen (secondary N) is 1. The van der Waals surface area contributed by atoms with Gasteiger partial charge in [0.1, 0.15) is 0 Å². The summed E-state index contributed by atoms with van der Waals surface area (Å²) in [6, 6.07) is 0.619. The molecule has 1 unspecified atom stereocenters. The maximum atomic E-state index is 5.32. The Morgan fingerprint density at radius 1 is 1.31 bits per heavy atom. The average Bonchev–Trinajstić information content (AvgIpc) is 3.04. The molecule has 1 N–H and O–H groups in total. The quantitative estimate of drug-likeness (QED) is 0.719. The molecule has 0 amide bonds. The Balaban J connectivity index is 1.79. The van der Waals surface area contributed by atoms with Crippen molar-refractivity contribution >= 4 is 0 Å². The van der Waals surface area contributed by atoms with Crippen LogP contribution in [0.25, 0.3) is 0 Å². The lowest BCUT2D eigenvalue weighted by Crippen LogP contribution is -2.41. The second-order valence-electron chi connectivity index (χ2n) is 5.84. The third kappa shape index (κ3) is 2.98. The topological polar surface area (TPSA) is 21.3 Å². The molecule has 2 heteroatoms. The van der Waals surface area contributed by atoms with Crippen LogP contribution in [0.3, 0.4) is 0 Å². The van der Waals surface area contributed by atoms with E-state index in [1.165, 1.54) is 51.5 Å². The van der Waals surface area contributed by atoms with E-state index in [-0.39, 0.29) is 0 Å². The molecule has 2 aliphatic carbocycles. The molecule has 2 nitrogen and oxygen atoms in total. The van der Waals surface area contributed by atoms with E-state index in [1.807, 2.05) is 7.11 Å². The van der Waals surface area contributed by atoms with Crippen LogP contribution in [0.15, 0.2) is 0 Å². The SMILES string of the molecule is CCC1(CNC(COC)C2CC2)CCCC1. The van der Waals surface area contributed by atoms with Gasteiger partial charge in [0.15, 0.2) is 0 Å². The van der Waals surface area contributed by atoms with Crippen LogP contribution in [-0.4, -0.2) is 26.3 Å². The normalized spacial score (nSPS) is 25.9. The second-order valence-corrected chi connectivity index (χ2v) is 5.84. The average molecular weight is 225 g/mol. The van der Waals surface area contributed by atoms with Gasteiger partial charge >= 0.3 is 0 Å². The smallest absolute Gasteiger partial charge is 0.0618 e. The van der Waals surface area contributed by atoms with E-state index in [1.54, 1.807) is 0 Å². The largest absolute Gasteiger partial charge is 0.383 e. The molecule has 0 aromatic carbocycles. The summed E-state index contributed by atoms with van der Waals surface area (Å²) >= 11 is 0. The van der Waals surface area contributed by atoms with Crippen molar-refractivity contribution in [1.29, 1.82) is 0 Å². The highest BCUT2D eigenvalue weighted by atomic mass is 16.5. The summed E-state index contributed by atoms with van der Waals surface area (Å²) in [4.78, 5) is 0. The zero-order chi connectivity index (χ0) is 11.4. The summed E-state index contributed by atoms with van der Waals surface area (Å²) in [5, 5.41) is 3.79. The highest BCUT2D eigenvalue weighted by molar-refractivity contribution is 4.91. The Morgan fingerprint density at radius 3 is 2.50 bits per heavy atom. The predicted molar refractivity (Wildman–Crippen MR) is 67.6 cm³/mol. The fourth-order valence-corrected chi connectivity index (χ4v) is 3.17. The molecule has 0 aromatic heterocycles. The van der Waals surface area contributed by atoms with Gasteiger partial charge in [-0.05, 0) is 43.4 Å². The maximum absolute atomic E-state index is 5.32. The van der Waals surface area contributed by atoms with Gasteiger partial charge in [-0.2, -0.15) is 0 Å². The maximum Gasteiger partial charge on any atom is 0.0618 e. The molecule has 0 aliphatic heterocycles. The van der Waals surface area contributed by atoms with Crippen LogP contribution in [0.4, 0.5) is 0 Å². The first kappa shape index (κ1) is 12.4. The Bertz CT molecular complexity index is 207. The van der Waals surface area contributed by atoms with Crippen molar-refractivity contribution in [3.63, 3.8) is 0 Å². The van der Waals surface area contributed by atoms with Gasteiger partial charge < -0.3 is 10.1 Å². The summed E-state index contributed by atoms with van der Waals surface area (Å²) in [5.74, 6) is 0.898. The van der Waals surface area contributed by atoms with E-state index in [0.29, 0.717) is 11.5 Å². The monoisotopic (exact) mass is 225 g/mol. The van der Waals surface area contributed by atoms with Crippen molar-refractivity contribution in [3.8, 4) is 0 Å². The summed E-state index contributed by atoms with van der Waals surface area (Å²) in [6.07, 6.45) is 9.88. The van der Waals surface area contributed by atoms with E-state index in [2.05, 4.69) is 12.2 Å². The van der Waals surface area contributed by atoms with Gasteiger partial charge in [-0.15, -0.1) is 0 Å². The second kappa shape index (κ2) is 5.50. The van der Waals surface area contributed by atoms with Gasteiger partial charge in [0.2, 0.25) is 0 Å². The first-order valence-electron chi connectivity index (χ1n) is 7.02. The molecule has 94 valence electrons. The molecule has 0 spiro atoms. The molecule has 0 radical (unpaired) electrons. The van der Waals surface area contributed by atoms with Gasteiger partial charge in [-0.1, -0.05) is 19.8 Å². The molecule has 2 saturated carbocycles. The van der Waals surface area contributed by atoms with E-state index in [9.17, 15) is 0 Å². The van der Waals surface area contributed by atoms with Gasteiger partial charge in [0.05, 0.1) is 6.61 Å². The van der Waals surface area contributed by atoms with Gasteiger partial charge in [0.25, 0.3) is 0 Å². The fourth-order valence-electron chi connectivity index (χ4n) is 3.17. The summed E-state index contributed by atoms with van der Waals surface area (Å²) in [6.45, 7) is 4.47. The zero-order valence-corrected chi connectivity index (χ0v) is 10.9. The van der Waals surface area contributed by atoms with E-state index >= 15 is 0 Å². The molecule has 0 heterocycles. The minimum absolute atomic E-state index is 0.612. The number of methoxy groups -OCH3 is 1. The Labute approximate surface area is 100 Å². The van der Waals surface area contributed by atoms with Crippen molar-refractivity contribution < 1.29 is 4.74 Å². The lowest BCUT2D eigenvalue weighted by Gasteiger charge is -2.30. The highest BCUT2D eigenvalue weighted by Gasteiger charge is 2.35. The summed E-state index contributed by atoms with van der Waals surface area (Å²) in [7, 11) is 1.82. The number of hydrogen-bond donors (Lipinski definition) is 1. The van der Waals surface area contributed by atoms with E-state index < -0.39 is 0 Å². The van der Waals surface area contributed by atoms with Crippen molar-refractivity contribution in [2.75, 3.05) is 20.3 Å². The number of rotatable bonds is 7. The van der Waals surface area contributed by atoms with Gasteiger partial charge in [-0.25, -0.2) is 0 Å². The molecule has 0 saturated heterocycles. The zero-order valence-electron chi connectivity index (χ0n) is 10.9. The third-order valence-corrected chi connectivity index (χ3v) is 4.69. The van der Waals surface area contributed by atoms with Crippen LogP contribution in [0.1, 0.15) is 51.9 Å². The van der Waals surface area contributed by atoms with Crippen LogP contribution in [0.2, 0.25) is 0 Å². The first-order valence-corrected chi connectivity index (χ1v) is 7.02. The molecule has 2 fully saturated rings. The Morgan fingerprint density at radius 2 is 2.00 bits per heavy atom. The van der Waals surface area contributed by atoms with Crippen molar-refractivity contribution in [2.45, 2.75) is 57.9 Å². The van der Waals surface area contributed by atoms with Crippen LogP contribution in [0, 0.1) is 11.3 Å². The molecule has 2 aliphatic rings. The van der Waals surface area contributed by atoms with Gasteiger partial charge in [0, 0.05) is 19.7 Å². The number of hydrogen-bond acceptors (Lipinski definition) is 2. The lowest BCUT2D eigenvalue weighted by atomic mass is 9.83. The third-order valence-electron chi connectivity index (χ3n) is 4.69. The molecule has 2 rings (SSSR count). The minimum Gasteiger partial charge on any atom is -0.383 e. The van der Waals surface area contributed by atoms with Gasteiger partial charge in [-0.3, -0.25) is 0 Å². The fraction of sp³-hybridized carbons (Fsp3) is 1.00. The van der Waals surface area contributed by atoms with E-state index in [0.717, 1.165) is 12.5 Å². The molecule has 16 heavy (non-hydrogen) atoms. The molecular weight excluding hydrogens is 198 g/mol. The summed E-state index contributed by atoms with van der Waals surface area (Å²) < 4.78 is 5.32. The number of ether oxygens (including phenoxy) is 1. The van der Waals surface area contributed by atoms with Crippen molar-refractivity contribution in [3.05, 3.63) is 0 Å². The lowest BCUT2D eigenvalue weighted by molar-refractivity contribution is 0.145. The minimum atomic E-state index is 0.612. The standard InChI is InChI=1S/C14H27NO/c1-3-14(8-4-5-9-14)11-15-13(10-16-2)12-6-7-12/h12-13,15H,3-11H2,1-2H3. The van der Waals surface area contributed by atoms with Crippen LogP contribution in [0.5, 0.6) is 0 Å². The molecule has 1 atom stereocenters. The summed E-state index contributed by atoms with van der Waals surface area (Å²) in [5.41, 5.74) is 0.612. The van der Waals surface area contributed by atoms with Crippen LogP contribution in [-0.2, 0) is 4.74 Å². The van der Waals surface area contributed by atoms with Crippen molar-refractivity contribution in [2.24, 2.45) is 11.3 Å². The Hall–Kier alpha value is -0.0800. The van der Waals surface area contributed by atoms with Crippen molar-refractivity contribution in [1.82, 2.24) is 5.32 Å². The molecular formula is C14H27NO. The van der Waals surface area contributed by atoms with Crippen LogP contribution < -0.4 is 5.32 Å². The predicted octanol–water partition coefficient (Wildman–Crippen LogP) is 2.97. The molecule has 0 bridgehead atoms. The first-order chi connectivity index (χ1) is 7.79.